The number of unbranched alkanes of at least 4 members (excludes halogenated alkanes) is 39. The van der Waals surface area contributed by atoms with Gasteiger partial charge in [0, 0.05) is 19.3 Å². The van der Waals surface area contributed by atoms with E-state index < -0.39 is 6.10 Å². The molecule has 0 aromatic rings. The number of carbonyl (C=O) groups is 3. The molecule has 0 bridgehead atoms. The molecule has 0 N–H and O–H groups in total. The Balaban J connectivity index is 4.39. The molecule has 6 nitrogen and oxygen atoms in total. The van der Waals surface area contributed by atoms with Crippen molar-refractivity contribution >= 4 is 17.9 Å². The van der Waals surface area contributed by atoms with Crippen LogP contribution in [0.2, 0.25) is 0 Å². The van der Waals surface area contributed by atoms with Gasteiger partial charge in [-0.25, -0.2) is 0 Å². The smallest absolute Gasteiger partial charge is 0.306 e. The molecule has 6 heteroatoms. The SMILES string of the molecule is CCCCC/C=C\C/C=C\CCCCCCCCCCCC(=O)OC[C@H](COC(=O)CCCCCCCCCCCCCCCCCCCCCCC)OC(=O)CCC/C=C\C/C=C\C/C=C\CCCCCCCC. The zero-order valence-corrected chi connectivity index (χ0v) is 50.1. The Morgan fingerprint density at radius 2 is 0.493 bits per heavy atom. The van der Waals surface area contributed by atoms with Crippen LogP contribution in [0.5, 0.6) is 0 Å². The average Bonchev–Trinajstić information content (AvgIpc) is 3.41. The summed E-state index contributed by atoms with van der Waals surface area (Å²) in [6.45, 7) is 6.62. The van der Waals surface area contributed by atoms with Gasteiger partial charge in [-0.2, -0.15) is 0 Å². The van der Waals surface area contributed by atoms with Gasteiger partial charge in [0.15, 0.2) is 6.10 Å². The minimum absolute atomic E-state index is 0.0921. The zero-order chi connectivity index (χ0) is 54.3. The van der Waals surface area contributed by atoms with Crippen molar-refractivity contribution < 1.29 is 28.6 Å². The molecule has 0 aliphatic rings. The first kappa shape index (κ1) is 72.1. The predicted octanol–water partition coefficient (Wildman–Crippen LogP) is 22.3. The van der Waals surface area contributed by atoms with Gasteiger partial charge >= 0.3 is 17.9 Å². The van der Waals surface area contributed by atoms with Gasteiger partial charge in [0.2, 0.25) is 0 Å². The van der Waals surface area contributed by atoms with Crippen LogP contribution in [0.4, 0.5) is 0 Å². The van der Waals surface area contributed by atoms with Crippen LogP contribution in [0.15, 0.2) is 60.8 Å². The second kappa shape index (κ2) is 63.6. The maximum Gasteiger partial charge on any atom is 0.306 e. The molecule has 0 amide bonds. The summed E-state index contributed by atoms with van der Waals surface area (Å²) >= 11 is 0. The van der Waals surface area contributed by atoms with Crippen LogP contribution in [-0.4, -0.2) is 37.2 Å². The van der Waals surface area contributed by atoms with Crippen LogP contribution in [0.3, 0.4) is 0 Å². The molecule has 0 radical (unpaired) electrons. The molecule has 0 saturated heterocycles. The third-order valence-electron chi connectivity index (χ3n) is 14.5. The van der Waals surface area contributed by atoms with Crippen molar-refractivity contribution in [2.24, 2.45) is 0 Å². The van der Waals surface area contributed by atoms with Gasteiger partial charge in [0.05, 0.1) is 0 Å². The molecule has 0 fully saturated rings. The largest absolute Gasteiger partial charge is 0.462 e. The van der Waals surface area contributed by atoms with Gasteiger partial charge in [-0.05, 0) is 83.5 Å². The summed E-state index contributed by atoms with van der Waals surface area (Å²) in [5.41, 5.74) is 0. The fourth-order valence-electron chi connectivity index (χ4n) is 9.55. The lowest BCUT2D eigenvalue weighted by atomic mass is 10.0. The van der Waals surface area contributed by atoms with E-state index in [1.165, 1.54) is 231 Å². The molecule has 0 spiro atoms. The highest BCUT2D eigenvalue weighted by atomic mass is 16.6. The van der Waals surface area contributed by atoms with Crippen molar-refractivity contribution in [1.29, 1.82) is 0 Å². The lowest BCUT2D eigenvalue weighted by Gasteiger charge is -2.18. The van der Waals surface area contributed by atoms with E-state index in [-0.39, 0.29) is 37.5 Å². The first-order chi connectivity index (χ1) is 37.0. The van der Waals surface area contributed by atoms with Gasteiger partial charge in [-0.15, -0.1) is 0 Å². The normalized spacial score (nSPS) is 12.4. The highest BCUT2D eigenvalue weighted by Crippen LogP contribution is 2.17. The van der Waals surface area contributed by atoms with E-state index in [0.29, 0.717) is 19.3 Å². The fourth-order valence-corrected chi connectivity index (χ4v) is 9.55. The fraction of sp³-hybridized carbons (Fsp3) is 0.812. The summed E-state index contributed by atoms with van der Waals surface area (Å²) in [4.78, 5) is 38.3. The number of hydrogen-bond donors (Lipinski definition) is 0. The van der Waals surface area contributed by atoms with Crippen LogP contribution in [0.1, 0.15) is 342 Å². The van der Waals surface area contributed by atoms with E-state index in [9.17, 15) is 14.4 Å². The number of ether oxygens (including phenoxy) is 3. The van der Waals surface area contributed by atoms with Crippen molar-refractivity contribution in [3.05, 3.63) is 60.8 Å². The van der Waals surface area contributed by atoms with Gasteiger partial charge in [0.1, 0.15) is 13.2 Å². The Morgan fingerprint density at radius 3 is 0.813 bits per heavy atom. The Labute approximate surface area is 466 Å². The molecule has 0 aliphatic carbocycles. The summed E-state index contributed by atoms with van der Waals surface area (Å²) < 4.78 is 16.9. The molecule has 0 heterocycles. The molecule has 75 heavy (non-hydrogen) atoms. The number of rotatable bonds is 60. The van der Waals surface area contributed by atoms with Gasteiger partial charge in [-0.1, -0.05) is 300 Å². The van der Waals surface area contributed by atoms with Crippen LogP contribution in [-0.2, 0) is 28.6 Å². The Kier molecular flexibility index (Phi) is 61.2. The minimum atomic E-state index is -0.802. The van der Waals surface area contributed by atoms with Gasteiger partial charge in [-0.3, -0.25) is 14.4 Å². The van der Waals surface area contributed by atoms with Crippen LogP contribution < -0.4 is 0 Å². The van der Waals surface area contributed by atoms with Crippen LogP contribution >= 0.6 is 0 Å². The molecule has 0 aromatic carbocycles. The topological polar surface area (TPSA) is 78.9 Å². The summed E-state index contributed by atoms with van der Waals surface area (Å²) in [5.74, 6) is -0.930. The predicted molar refractivity (Wildman–Crippen MR) is 325 cm³/mol. The first-order valence-corrected chi connectivity index (χ1v) is 32.8. The molecule has 0 unspecified atom stereocenters. The molecule has 0 saturated carbocycles. The molecule has 436 valence electrons. The summed E-state index contributed by atoms with van der Waals surface area (Å²) in [7, 11) is 0. The van der Waals surface area contributed by atoms with E-state index in [0.717, 1.165) is 64.2 Å². The van der Waals surface area contributed by atoms with Gasteiger partial charge in [0.25, 0.3) is 0 Å². The van der Waals surface area contributed by atoms with Crippen molar-refractivity contribution in [2.75, 3.05) is 13.2 Å². The molecule has 0 aliphatic heterocycles. The number of allylic oxidation sites excluding steroid dienone is 10. The highest BCUT2D eigenvalue weighted by molar-refractivity contribution is 5.71. The minimum Gasteiger partial charge on any atom is -0.462 e. The van der Waals surface area contributed by atoms with E-state index in [4.69, 9.17) is 14.2 Å². The van der Waals surface area contributed by atoms with Crippen molar-refractivity contribution in [2.45, 2.75) is 348 Å². The molecular weight excluding hydrogens is 925 g/mol. The Morgan fingerprint density at radius 1 is 0.267 bits per heavy atom. The molecule has 1 atom stereocenters. The maximum atomic E-state index is 12.9. The lowest BCUT2D eigenvalue weighted by Crippen LogP contribution is -2.30. The molecular formula is C69H124O6. The van der Waals surface area contributed by atoms with Gasteiger partial charge < -0.3 is 14.2 Å². The second-order valence-electron chi connectivity index (χ2n) is 22.0. The first-order valence-electron chi connectivity index (χ1n) is 32.8. The Bertz CT molecular complexity index is 1340. The number of carbonyl (C=O) groups excluding carboxylic acids is 3. The summed E-state index contributed by atoms with van der Waals surface area (Å²) in [6.07, 6.45) is 80.9. The van der Waals surface area contributed by atoms with Crippen molar-refractivity contribution in [1.82, 2.24) is 0 Å². The van der Waals surface area contributed by atoms with E-state index >= 15 is 0 Å². The lowest BCUT2D eigenvalue weighted by molar-refractivity contribution is -0.167. The molecule has 0 rings (SSSR count). The number of hydrogen-bond acceptors (Lipinski definition) is 6. The summed E-state index contributed by atoms with van der Waals surface area (Å²) in [5, 5.41) is 0. The maximum absolute atomic E-state index is 12.9. The van der Waals surface area contributed by atoms with E-state index in [1.807, 2.05) is 0 Å². The third-order valence-corrected chi connectivity index (χ3v) is 14.5. The van der Waals surface area contributed by atoms with Crippen molar-refractivity contribution in [3.8, 4) is 0 Å². The molecule has 0 aromatic heterocycles. The quantitative estimate of drug-likeness (QED) is 0.0261. The highest BCUT2D eigenvalue weighted by Gasteiger charge is 2.19. The van der Waals surface area contributed by atoms with E-state index in [1.54, 1.807) is 0 Å². The van der Waals surface area contributed by atoms with E-state index in [2.05, 4.69) is 81.5 Å². The number of esters is 3. The zero-order valence-electron chi connectivity index (χ0n) is 50.1. The Hall–Kier alpha value is -2.89. The van der Waals surface area contributed by atoms with Crippen LogP contribution in [0.25, 0.3) is 0 Å². The standard InChI is InChI=1S/C69H124O6/c1-4-7-10-13-16-19-22-25-28-31-33-34-36-39-41-44-47-50-53-56-59-62-68(71)74-65-66(75-69(72)63-60-57-54-51-48-45-42-37-30-27-24-21-18-15-12-9-6-3)64-73-67(70)61-58-55-52-49-46-43-40-38-35-32-29-26-23-20-17-14-11-8-5-2/h17,20,26-27,29-30,42,45,51,54,66H,4-16,18-19,21-25,28,31-41,43-44,46-50,52-53,55-65H2,1-3H3/b20-17-,29-26-,30-27-,45-42-,54-51-/t66-/m1/s1. The third kappa shape index (κ3) is 61.8. The second-order valence-corrected chi connectivity index (χ2v) is 22.0. The average molecular weight is 1050 g/mol. The van der Waals surface area contributed by atoms with Crippen molar-refractivity contribution in [3.63, 3.8) is 0 Å². The summed E-state index contributed by atoms with van der Waals surface area (Å²) in [6, 6.07) is 0. The monoisotopic (exact) mass is 1050 g/mol. The van der Waals surface area contributed by atoms with Crippen LogP contribution in [0, 0.1) is 0 Å².